The van der Waals surface area contributed by atoms with Crippen molar-refractivity contribution in [1.82, 2.24) is 0 Å². The first-order valence-electron chi connectivity index (χ1n) is 4.96. The summed E-state index contributed by atoms with van der Waals surface area (Å²) < 4.78 is 27.5. The predicted octanol–water partition coefficient (Wildman–Crippen LogP) is 3.33. The number of aryl methyl sites for hydroxylation is 1. The van der Waals surface area contributed by atoms with Crippen LogP contribution in [0.25, 0.3) is 0 Å². The molecular formula is C11H10BrNO3S2. The van der Waals surface area contributed by atoms with Gasteiger partial charge in [0.1, 0.15) is 9.96 Å². The van der Waals surface area contributed by atoms with E-state index in [1.54, 1.807) is 19.1 Å². The number of phenolic OH excluding ortho intramolecular Hbond substituents is 1. The molecule has 0 aliphatic carbocycles. The van der Waals surface area contributed by atoms with E-state index in [1.165, 1.54) is 18.2 Å². The smallest absolute Gasteiger partial charge is 0.271 e. The molecular weight excluding hydrogens is 338 g/mol. The van der Waals surface area contributed by atoms with Crippen molar-refractivity contribution in [2.24, 2.45) is 0 Å². The maximum Gasteiger partial charge on any atom is 0.271 e. The van der Waals surface area contributed by atoms with Gasteiger partial charge in [0.25, 0.3) is 10.0 Å². The fourth-order valence-electron chi connectivity index (χ4n) is 1.37. The van der Waals surface area contributed by atoms with Crippen LogP contribution in [0.1, 0.15) is 5.56 Å². The Morgan fingerprint density at radius 2 is 2.00 bits per heavy atom. The molecule has 0 bridgehead atoms. The number of aromatic hydroxyl groups is 1. The van der Waals surface area contributed by atoms with Gasteiger partial charge in [-0.3, -0.25) is 4.72 Å². The SMILES string of the molecule is Cc1cc(NS(=O)(=O)c2ccc(Br)s2)ccc1O. The van der Waals surface area contributed by atoms with E-state index in [1.807, 2.05) is 0 Å². The van der Waals surface area contributed by atoms with Crippen LogP contribution < -0.4 is 4.72 Å². The molecule has 1 aromatic carbocycles. The van der Waals surface area contributed by atoms with Gasteiger partial charge in [-0.15, -0.1) is 11.3 Å². The highest BCUT2D eigenvalue weighted by Gasteiger charge is 2.16. The Morgan fingerprint density at radius 1 is 1.28 bits per heavy atom. The third-order valence-corrected chi connectivity index (χ3v) is 5.76. The van der Waals surface area contributed by atoms with Gasteiger partial charge in [0.05, 0.1) is 3.79 Å². The Kier molecular flexibility index (Phi) is 3.65. The second kappa shape index (κ2) is 4.91. The fourth-order valence-corrected chi connectivity index (χ4v) is 4.43. The summed E-state index contributed by atoms with van der Waals surface area (Å²) in [6, 6.07) is 7.77. The average Bonchev–Trinajstić information content (AvgIpc) is 2.71. The average molecular weight is 348 g/mol. The first kappa shape index (κ1) is 13.4. The van der Waals surface area contributed by atoms with E-state index in [9.17, 15) is 13.5 Å². The summed E-state index contributed by atoms with van der Waals surface area (Å²) in [6.07, 6.45) is 0. The van der Waals surface area contributed by atoms with Gasteiger partial charge in [-0.2, -0.15) is 0 Å². The molecule has 1 heterocycles. The molecule has 0 spiro atoms. The third kappa shape index (κ3) is 2.85. The molecule has 4 nitrogen and oxygen atoms in total. The van der Waals surface area contributed by atoms with Crippen LogP contribution in [-0.2, 0) is 10.0 Å². The lowest BCUT2D eigenvalue weighted by Gasteiger charge is -2.07. The minimum atomic E-state index is -3.57. The van der Waals surface area contributed by atoms with Crippen molar-refractivity contribution in [1.29, 1.82) is 0 Å². The molecule has 2 aromatic rings. The van der Waals surface area contributed by atoms with Crippen LogP contribution in [-0.4, -0.2) is 13.5 Å². The van der Waals surface area contributed by atoms with E-state index in [0.717, 1.165) is 15.1 Å². The number of thiophene rings is 1. The van der Waals surface area contributed by atoms with Gasteiger partial charge in [-0.25, -0.2) is 8.42 Å². The van der Waals surface area contributed by atoms with Gasteiger partial charge in [0, 0.05) is 5.69 Å². The summed E-state index contributed by atoms with van der Waals surface area (Å²) in [5, 5.41) is 9.38. The number of benzene rings is 1. The molecule has 2 rings (SSSR count). The minimum Gasteiger partial charge on any atom is -0.508 e. The van der Waals surface area contributed by atoms with E-state index >= 15 is 0 Å². The van der Waals surface area contributed by atoms with Crippen LogP contribution in [0, 0.1) is 6.92 Å². The molecule has 0 saturated heterocycles. The summed E-state index contributed by atoms with van der Waals surface area (Å²) >= 11 is 4.36. The van der Waals surface area contributed by atoms with Crippen molar-refractivity contribution in [3.05, 3.63) is 39.7 Å². The normalized spacial score (nSPS) is 11.4. The summed E-state index contributed by atoms with van der Waals surface area (Å²) in [7, 11) is -3.57. The fraction of sp³-hybridized carbons (Fsp3) is 0.0909. The summed E-state index contributed by atoms with van der Waals surface area (Å²) in [6.45, 7) is 1.70. The van der Waals surface area contributed by atoms with E-state index in [4.69, 9.17) is 0 Å². The standard InChI is InChI=1S/C11H10BrNO3S2/c1-7-6-8(2-3-9(7)14)13-18(15,16)11-5-4-10(12)17-11/h2-6,13-14H,1H3. The van der Waals surface area contributed by atoms with E-state index in [2.05, 4.69) is 20.7 Å². The summed E-state index contributed by atoms with van der Waals surface area (Å²) in [5.41, 5.74) is 1.04. The lowest BCUT2D eigenvalue weighted by atomic mass is 10.2. The van der Waals surface area contributed by atoms with Crippen molar-refractivity contribution in [2.45, 2.75) is 11.1 Å². The second-order valence-corrected chi connectivity index (χ2v) is 8.04. The highest BCUT2D eigenvalue weighted by atomic mass is 79.9. The number of nitrogens with one attached hydrogen (secondary N) is 1. The van der Waals surface area contributed by atoms with Crippen molar-refractivity contribution < 1.29 is 13.5 Å². The molecule has 18 heavy (non-hydrogen) atoms. The van der Waals surface area contributed by atoms with E-state index in [-0.39, 0.29) is 9.96 Å². The van der Waals surface area contributed by atoms with E-state index < -0.39 is 10.0 Å². The van der Waals surface area contributed by atoms with E-state index in [0.29, 0.717) is 11.3 Å². The van der Waals surface area contributed by atoms with Crippen LogP contribution in [0.15, 0.2) is 38.3 Å². The molecule has 0 fully saturated rings. The molecule has 0 aliphatic heterocycles. The maximum atomic E-state index is 12.0. The zero-order chi connectivity index (χ0) is 13.3. The number of hydrogen-bond donors (Lipinski definition) is 2. The van der Waals surface area contributed by atoms with Crippen LogP contribution in [0.4, 0.5) is 5.69 Å². The number of rotatable bonds is 3. The van der Waals surface area contributed by atoms with Gasteiger partial charge in [0.2, 0.25) is 0 Å². The Bertz CT molecular complexity index is 679. The van der Waals surface area contributed by atoms with Crippen LogP contribution >= 0.6 is 27.3 Å². The van der Waals surface area contributed by atoms with Crippen molar-refractivity contribution in [2.75, 3.05) is 4.72 Å². The molecule has 96 valence electrons. The Hall–Kier alpha value is -1.05. The molecule has 0 saturated carbocycles. The molecule has 0 aliphatic rings. The molecule has 2 N–H and O–H groups in total. The number of sulfonamides is 1. The summed E-state index contributed by atoms with van der Waals surface area (Å²) in [5.74, 6) is 0.136. The Morgan fingerprint density at radius 3 is 2.56 bits per heavy atom. The highest BCUT2D eigenvalue weighted by Crippen LogP contribution is 2.28. The number of halogens is 1. The predicted molar refractivity (Wildman–Crippen MR) is 75.7 cm³/mol. The zero-order valence-electron chi connectivity index (χ0n) is 9.34. The molecule has 0 amide bonds. The zero-order valence-corrected chi connectivity index (χ0v) is 12.6. The second-order valence-electron chi connectivity index (χ2n) is 3.67. The van der Waals surface area contributed by atoms with Gasteiger partial charge >= 0.3 is 0 Å². The maximum absolute atomic E-state index is 12.0. The lowest BCUT2D eigenvalue weighted by Crippen LogP contribution is -2.11. The molecule has 7 heteroatoms. The number of anilines is 1. The molecule has 0 atom stereocenters. The van der Waals surface area contributed by atoms with Crippen molar-refractivity contribution >= 4 is 43.0 Å². The Balaban J connectivity index is 2.30. The highest BCUT2D eigenvalue weighted by molar-refractivity contribution is 9.11. The number of phenols is 1. The number of hydrogen-bond acceptors (Lipinski definition) is 4. The van der Waals surface area contributed by atoms with Gasteiger partial charge in [-0.1, -0.05) is 0 Å². The van der Waals surface area contributed by atoms with Crippen molar-refractivity contribution in [3.8, 4) is 5.75 Å². The van der Waals surface area contributed by atoms with Crippen molar-refractivity contribution in [3.63, 3.8) is 0 Å². The summed E-state index contributed by atoms with van der Waals surface area (Å²) in [4.78, 5) is 0. The van der Waals surface area contributed by atoms with Crippen LogP contribution in [0.3, 0.4) is 0 Å². The van der Waals surface area contributed by atoms with Gasteiger partial charge in [0.15, 0.2) is 0 Å². The lowest BCUT2D eigenvalue weighted by molar-refractivity contribution is 0.471. The van der Waals surface area contributed by atoms with Crippen LogP contribution in [0.5, 0.6) is 5.75 Å². The molecule has 0 radical (unpaired) electrons. The van der Waals surface area contributed by atoms with Gasteiger partial charge in [-0.05, 0) is 58.7 Å². The minimum absolute atomic E-state index is 0.136. The first-order chi connectivity index (χ1) is 8.38. The van der Waals surface area contributed by atoms with Gasteiger partial charge < -0.3 is 5.11 Å². The Labute approximate surface area is 117 Å². The third-order valence-electron chi connectivity index (χ3n) is 2.26. The largest absolute Gasteiger partial charge is 0.508 e. The molecule has 0 unspecified atom stereocenters. The quantitative estimate of drug-likeness (QED) is 0.837. The first-order valence-corrected chi connectivity index (χ1v) is 8.05. The topological polar surface area (TPSA) is 66.4 Å². The van der Waals surface area contributed by atoms with Crippen LogP contribution in [0.2, 0.25) is 0 Å². The molecule has 1 aromatic heterocycles. The monoisotopic (exact) mass is 347 g/mol.